The third-order valence-corrected chi connectivity index (χ3v) is 6.92. The van der Waals surface area contributed by atoms with Crippen LogP contribution in [0.3, 0.4) is 0 Å². The molecule has 32 heavy (non-hydrogen) atoms. The first-order valence-electron chi connectivity index (χ1n) is 11.0. The molecule has 1 aromatic carbocycles. The molecule has 1 amide bonds. The Bertz CT molecular complexity index is 1080. The van der Waals surface area contributed by atoms with Crippen LogP contribution >= 0.6 is 11.3 Å². The third kappa shape index (κ3) is 5.07. The molecule has 0 spiro atoms. The summed E-state index contributed by atoms with van der Waals surface area (Å²) in [4.78, 5) is 21.0. The molecule has 0 unspecified atom stereocenters. The lowest BCUT2D eigenvalue weighted by Gasteiger charge is -2.20. The summed E-state index contributed by atoms with van der Waals surface area (Å²) in [5, 5.41) is 5.82. The molecule has 3 aromatic rings. The highest BCUT2D eigenvalue weighted by molar-refractivity contribution is 7.11. The van der Waals surface area contributed by atoms with Gasteiger partial charge in [-0.25, -0.2) is 9.37 Å². The molecule has 0 radical (unpaired) electrons. The van der Waals surface area contributed by atoms with E-state index in [1.54, 1.807) is 42.2 Å². The van der Waals surface area contributed by atoms with Crippen LogP contribution in [0.4, 0.5) is 4.39 Å². The van der Waals surface area contributed by atoms with Crippen molar-refractivity contribution in [1.29, 1.82) is 0 Å². The molecule has 0 atom stereocenters. The first kappa shape index (κ1) is 22.6. The van der Waals surface area contributed by atoms with E-state index in [4.69, 9.17) is 9.84 Å². The van der Waals surface area contributed by atoms with Crippen LogP contribution in [0.15, 0.2) is 24.3 Å². The number of aromatic nitrogens is 3. The Hall–Kier alpha value is -2.58. The van der Waals surface area contributed by atoms with Gasteiger partial charge in [0.2, 0.25) is 5.91 Å². The monoisotopic (exact) mass is 456 g/mol. The van der Waals surface area contributed by atoms with Gasteiger partial charge in [-0.2, -0.15) is 5.10 Å². The minimum absolute atomic E-state index is 0.0646. The van der Waals surface area contributed by atoms with E-state index in [1.807, 2.05) is 17.9 Å². The van der Waals surface area contributed by atoms with Gasteiger partial charge in [0.15, 0.2) is 0 Å². The van der Waals surface area contributed by atoms with Crippen molar-refractivity contribution in [3.8, 4) is 11.3 Å². The van der Waals surface area contributed by atoms with Crippen LogP contribution in [0.5, 0.6) is 0 Å². The minimum atomic E-state index is -0.233. The Labute approximate surface area is 192 Å². The summed E-state index contributed by atoms with van der Waals surface area (Å²) in [6, 6.07) is 7.00. The van der Waals surface area contributed by atoms with Crippen LogP contribution in [0, 0.1) is 19.7 Å². The molecule has 3 heterocycles. The number of carbonyl (C=O) groups is 1. The molecule has 0 aliphatic carbocycles. The smallest absolute Gasteiger partial charge is 0.244 e. The van der Waals surface area contributed by atoms with Crippen molar-refractivity contribution in [2.45, 2.75) is 46.1 Å². The third-order valence-electron chi connectivity index (χ3n) is 5.85. The maximum atomic E-state index is 13.7. The summed E-state index contributed by atoms with van der Waals surface area (Å²) in [6.07, 6.45) is 3.25. The van der Waals surface area contributed by atoms with Gasteiger partial charge in [-0.3, -0.25) is 9.48 Å². The second kappa shape index (κ2) is 9.92. The van der Waals surface area contributed by atoms with Gasteiger partial charge >= 0.3 is 0 Å². The molecule has 0 N–H and O–H groups in total. The molecular weight excluding hydrogens is 427 g/mol. The standard InChI is InChI=1S/C24H29FN4O2S/c1-16-13-18(6-7-20(16)25)22-14-19(5-4-12-31-3)29(27-22)15-24(30)28-10-8-21-23(9-11-28)32-17(2)26-21/h6-7,13-14H,4-5,8-12,15H2,1-3H3. The number of halogens is 1. The van der Waals surface area contributed by atoms with Gasteiger partial charge in [0.25, 0.3) is 0 Å². The number of hydrogen-bond acceptors (Lipinski definition) is 5. The van der Waals surface area contributed by atoms with E-state index < -0.39 is 0 Å². The number of thiazole rings is 1. The normalized spacial score (nSPS) is 13.8. The van der Waals surface area contributed by atoms with Gasteiger partial charge in [-0.1, -0.05) is 0 Å². The van der Waals surface area contributed by atoms with Crippen molar-refractivity contribution in [2.75, 3.05) is 26.8 Å². The lowest BCUT2D eigenvalue weighted by molar-refractivity contribution is -0.132. The molecule has 0 bridgehead atoms. The van der Waals surface area contributed by atoms with Crippen molar-refractivity contribution >= 4 is 17.2 Å². The molecule has 4 rings (SSSR count). The average Bonchev–Trinajstić information content (AvgIpc) is 3.27. The van der Waals surface area contributed by atoms with E-state index in [-0.39, 0.29) is 18.3 Å². The fourth-order valence-electron chi connectivity index (χ4n) is 4.11. The molecule has 6 nitrogen and oxygen atoms in total. The van der Waals surface area contributed by atoms with Crippen LogP contribution in [0.2, 0.25) is 0 Å². The first-order chi connectivity index (χ1) is 15.4. The van der Waals surface area contributed by atoms with E-state index >= 15 is 0 Å². The largest absolute Gasteiger partial charge is 0.385 e. The molecular formula is C24H29FN4O2S. The fourth-order valence-corrected chi connectivity index (χ4v) is 5.08. The highest BCUT2D eigenvalue weighted by atomic mass is 32.1. The SMILES string of the molecule is COCCCc1cc(-c2ccc(F)c(C)c2)nn1CC(=O)N1CCc2nc(C)sc2CC1. The second-order valence-electron chi connectivity index (χ2n) is 8.22. The van der Waals surface area contributed by atoms with Gasteiger partial charge in [0.05, 0.1) is 16.4 Å². The molecule has 0 fully saturated rings. The van der Waals surface area contributed by atoms with Crippen molar-refractivity contribution in [3.63, 3.8) is 0 Å². The number of carbonyl (C=O) groups excluding carboxylic acids is 1. The summed E-state index contributed by atoms with van der Waals surface area (Å²) in [5.74, 6) is -0.169. The zero-order chi connectivity index (χ0) is 22.7. The number of nitrogens with zero attached hydrogens (tertiary/aromatic N) is 4. The zero-order valence-corrected chi connectivity index (χ0v) is 19.7. The van der Waals surface area contributed by atoms with E-state index in [1.165, 1.54) is 10.9 Å². The Morgan fingerprint density at radius 3 is 2.81 bits per heavy atom. The van der Waals surface area contributed by atoms with E-state index in [0.717, 1.165) is 53.3 Å². The van der Waals surface area contributed by atoms with Crippen LogP contribution < -0.4 is 0 Å². The van der Waals surface area contributed by atoms with Gasteiger partial charge in [0.1, 0.15) is 12.4 Å². The summed E-state index contributed by atoms with van der Waals surface area (Å²) in [7, 11) is 1.68. The highest BCUT2D eigenvalue weighted by Gasteiger charge is 2.22. The quantitative estimate of drug-likeness (QED) is 0.505. The maximum absolute atomic E-state index is 13.7. The molecule has 1 aliphatic rings. The lowest BCUT2D eigenvalue weighted by atomic mass is 10.1. The number of fused-ring (bicyclic) bond motifs is 1. The van der Waals surface area contributed by atoms with Crippen molar-refractivity contribution < 1.29 is 13.9 Å². The van der Waals surface area contributed by atoms with Gasteiger partial charge in [0, 0.05) is 55.8 Å². The molecule has 1 aliphatic heterocycles. The first-order valence-corrected chi connectivity index (χ1v) is 11.8. The van der Waals surface area contributed by atoms with E-state index in [0.29, 0.717) is 25.3 Å². The summed E-state index contributed by atoms with van der Waals surface area (Å²) >= 11 is 1.73. The predicted octanol–water partition coefficient (Wildman–Crippen LogP) is 3.97. The summed E-state index contributed by atoms with van der Waals surface area (Å²) < 4.78 is 20.7. The maximum Gasteiger partial charge on any atom is 0.244 e. The Balaban J connectivity index is 1.51. The number of amides is 1. The number of aryl methyl sites for hydroxylation is 3. The zero-order valence-electron chi connectivity index (χ0n) is 18.9. The van der Waals surface area contributed by atoms with Crippen LogP contribution in [0.1, 0.15) is 33.3 Å². The number of rotatable bonds is 7. The molecule has 2 aromatic heterocycles. The van der Waals surface area contributed by atoms with E-state index in [2.05, 4.69) is 4.98 Å². The van der Waals surface area contributed by atoms with Gasteiger partial charge in [-0.15, -0.1) is 11.3 Å². The minimum Gasteiger partial charge on any atom is -0.385 e. The predicted molar refractivity (Wildman–Crippen MR) is 123 cm³/mol. The molecule has 0 saturated heterocycles. The average molecular weight is 457 g/mol. The second-order valence-corrected chi connectivity index (χ2v) is 9.51. The molecule has 0 saturated carbocycles. The van der Waals surface area contributed by atoms with Crippen molar-refractivity contribution in [2.24, 2.45) is 0 Å². The Morgan fingerprint density at radius 2 is 2.03 bits per heavy atom. The van der Waals surface area contributed by atoms with Gasteiger partial charge < -0.3 is 9.64 Å². The van der Waals surface area contributed by atoms with Crippen LogP contribution in [0.25, 0.3) is 11.3 Å². The summed E-state index contributed by atoms with van der Waals surface area (Å²) in [5.41, 5.74) is 4.31. The van der Waals surface area contributed by atoms with Gasteiger partial charge in [-0.05, 0) is 56.5 Å². The van der Waals surface area contributed by atoms with E-state index in [9.17, 15) is 9.18 Å². The van der Waals surface area contributed by atoms with Crippen LogP contribution in [-0.4, -0.2) is 52.4 Å². The van der Waals surface area contributed by atoms with Crippen LogP contribution in [-0.2, 0) is 35.3 Å². The molecule has 8 heteroatoms. The number of methoxy groups -OCH3 is 1. The highest BCUT2D eigenvalue weighted by Crippen LogP contribution is 2.24. The lowest BCUT2D eigenvalue weighted by Crippen LogP contribution is -2.36. The number of benzene rings is 1. The summed E-state index contributed by atoms with van der Waals surface area (Å²) in [6.45, 7) is 6.00. The number of ether oxygens (including phenoxy) is 1. The van der Waals surface area contributed by atoms with Crippen molar-refractivity contribution in [1.82, 2.24) is 19.7 Å². The number of hydrogen-bond donors (Lipinski definition) is 0. The van der Waals surface area contributed by atoms with Crippen molar-refractivity contribution in [3.05, 3.63) is 56.9 Å². The Morgan fingerprint density at radius 1 is 1.22 bits per heavy atom. The Kier molecular flexibility index (Phi) is 7.01. The topological polar surface area (TPSA) is 60.3 Å². The fraction of sp³-hybridized carbons (Fsp3) is 0.458. The molecule has 170 valence electrons.